The van der Waals surface area contributed by atoms with Gasteiger partial charge in [0.2, 0.25) is 0 Å². The van der Waals surface area contributed by atoms with Gasteiger partial charge in [0.25, 0.3) is 10.0 Å². The van der Waals surface area contributed by atoms with Crippen molar-refractivity contribution < 1.29 is 18.3 Å². The number of aromatic carboxylic acids is 1. The molecule has 0 amide bonds. The van der Waals surface area contributed by atoms with Gasteiger partial charge in [0.05, 0.1) is 0 Å². The molecule has 2 aromatic rings. The van der Waals surface area contributed by atoms with Crippen molar-refractivity contribution in [1.29, 1.82) is 0 Å². The monoisotopic (exact) mass is 315 g/mol. The van der Waals surface area contributed by atoms with E-state index >= 15 is 0 Å². The molecule has 0 unspecified atom stereocenters. The first-order valence-corrected chi connectivity index (χ1v) is 8.04. The molecular formula is C11H13N3O4S2. The zero-order valence-corrected chi connectivity index (χ0v) is 12.4. The molecule has 0 bridgehead atoms. The van der Waals surface area contributed by atoms with Crippen molar-refractivity contribution >= 4 is 33.1 Å². The number of nitrogens with zero attached hydrogens (tertiary/aromatic N) is 1. The van der Waals surface area contributed by atoms with Gasteiger partial charge >= 0.3 is 5.97 Å². The molecule has 0 atom stereocenters. The normalized spacial score (nSPS) is 11.5. The number of carboxylic acid groups (broad SMARTS) is 1. The quantitative estimate of drug-likeness (QED) is 0.779. The number of carbonyl (C=O) groups is 1. The summed E-state index contributed by atoms with van der Waals surface area (Å²) < 4.78 is 26.7. The smallest absolute Gasteiger partial charge is 0.345 e. The van der Waals surface area contributed by atoms with E-state index in [1.807, 2.05) is 6.92 Å². The van der Waals surface area contributed by atoms with E-state index in [4.69, 9.17) is 5.11 Å². The number of hydrogen-bond acceptors (Lipinski definition) is 5. The number of aromatic nitrogens is 2. The molecule has 3 N–H and O–H groups in total. The SMILES string of the molecule is CCc1cc(NS(=O)(=O)c2cc(C(=O)O)sc2C)n[nH]1. The van der Waals surface area contributed by atoms with Crippen LogP contribution in [0, 0.1) is 6.92 Å². The second kappa shape index (κ2) is 5.25. The maximum absolute atomic E-state index is 12.2. The van der Waals surface area contributed by atoms with E-state index in [-0.39, 0.29) is 15.6 Å². The first kappa shape index (κ1) is 14.5. The molecule has 2 aromatic heterocycles. The van der Waals surface area contributed by atoms with Crippen LogP contribution in [-0.2, 0) is 16.4 Å². The van der Waals surface area contributed by atoms with Crippen molar-refractivity contribution in [3.8, 4) is 0 Å². The van der Waals surface area contributed by atoms with Crippen LogP contribution in [-0.4, -0.2) is 29.7 Å². The van der Waals surface area contributed by atoms with Gasteiger partial charge in [-0.2, -0.15) is 5.10 Å². The number of H-pyrrole nitrogens is 1. The summed E-state index contributed by atoms with van der Waals surface area (Å²) in [4.78, 5) is 11.2. The average molecular weight is 315 g/mol. The van der Waals surface area contributed by atoms with Crippen LogP contribution in [0.5, 0.6) is 0 Å². The van der Waals surface area contributed by atoms with Crippen molar-refractivity contribution in [2.75, 3.05) is 4.72 Å². The molecule has 7 nitrogen and oxygen atoms in total. The Morgan fingerprint density at radius 3 is 2.70 bits per heavy atom. The molecular weight excluding hydrogens is 302 g/mol. The fraction of sp³-hybridized carbons (Fsp3) is 0.273. The van der Waals surface area contributed by atoms with Crippen molar-refractivity contribution in [2.24, 2.45) is 0 Å². The van der Waals surface area contributed by atoms with Gasteiger partial charge in [0, 0.05) is 16.6 Å². The van der Waals surface area contributed by atoms with Crippen LogP contribution in [0.4, 0.5) is 5.82 Å². The lowest BCUT2D eigenvalue weighted by Crippen LogP contribution is -2.13. The van der Waals surface area contributed by atoms with E-state index in [0.29, 0.717) is 11.3 Å². The molecule has 2 rings (SSSR count). The Morgan fingerprint density at radius 1 is 1.50 bits per heavy atom. The maximum Gasteiger partial charge on any atom is 0.345 e. The first-order chi connectivity index (χ1) is 9.33. The number of thiophene rings is 1. The van der Waals surface area contributed by atoms with Crippen LogP contribution in [0.15, 0.2) is 17.0 Å². The number of aryl methyl sites for hydroxylation is 2. The van der Waals surface area contributed by atoms with Gasteiger partial charge in [0.1, 0.15) is 9.77 Å². The zero-order chi connectivity index (χ0) is 14.9. The summed E-state index contributed by atoms with van der Waals surface area (Å²) in [5, 5.41) is 15.4. The molecule has 0 aliphatic rings. The van der Waals surface area contributed by atoms with Crippen molar-refractivity contribution in [2.45, 2.75) is 25.2 Å². The Morgan fingerprint density at radius 2 is 2.20 bits per heavy atom. The minimum atomic E-state index is -3.84. The Labute approximate surface area is 119 Å². The topological polar surface area (TPSA) is 112 Å². The van der Waals surface area contributed by atoms with Gasteiger partial charge in [-0.15, -0.1) is 11.3 Å². The van der Waals surface area contributed by atoms with E-state index in [2.05, 4.69) is 14.9 Å². The summed E-state index contributed by atoms with van der Waals surface area (Å²) in [6, 6.07) is 2.75. The largest absolute Gasteiger partial charge is 0.477 e. The van der Waals surface area contributed by atoms with E-state index in [9.17, 15) is 13.2 Å². The third-order valence-corrected chi connectivity index (χ3v) is 5.27. The maximum atomic E-state index is 12.2. The number of rotatable bonds is 5. The molecule has 0 saturated heterocycles. The third-order valence-electron chi connectivity index (χ3n) is 2.62. The zero-order valence-electron chi connectivity index (χ0n) is 10.8. The lowest BCUT2D eigenvalue weighted by atomic mass is 10.3. The predicted molar refractivity (Wildman–Crippen MR) is 74.8 cm³/mol. The van der Waals surface area contributed by atoms with Crippen LogP contribution >= 0.6 is 11.3 Å². The summed E-state index contributed by atoms with van der Waals surface area (Å²) >= 11 is 0.923. The van der Waals surface area contributed by atoms with Crippen LogP contribution in [0.3, 0.4) is 0 Å². The van der Waals surface area contributed by atoms with E-state index in [1.165, 1.54) is 0 Å². The molecule has 108 valence electrons. The molecule has 0 radical (unpaired) electrons. The van der Waals surface area contributed by atoms with E-state index in [0.717, 1.165) is 23.1 Å². The summed E-state index contributed by atoms with van der Waals surface area (Å²) in [5.74, 6) is -0.961. The van der Waals surface area contributed by atoms with Crippen LogP contribution in [0.2, 0.25) is 0 Å². The van der Waals surface area contributed by atoms with Crippen molar-refractivity contribution in [3.63, 3.8) is 0 Å². The Kier molecular flexibility index (Phi) is 3.82. The van der Waals surface area contributed by atoms with Gasteiger partial charge in [-0.25, -0.2) is 13.2 Å². The van der Waals surface area contributed by atoms with Gasteiger partial charge in [-0.1, -0.05) is 6.92 Å². The summed E-state index contributed by atoms with van der Waals surface area (Å²) in [6.07, 6.45) is 0.704. The Hall–Kier alpha value is -1.87. The highest BCUT2D eigenvalue weighted by atomic mass is 32.2. The second-order valence-electron chi connectivity index (χ2n) is 4.07. The number of carboxylic acids is 1. The molecule has 0 aromatic carbocycles. The summed E-state index contributed by atoms with van der Waals surface area (Å²) in [5.41, 5.74) is 0.802. The second-order valence-corrected chi connectivity index (χ2v) is 6.98. The fourth-order valence-corrected chi connectivity index (χ4v) is 4.05. The van der Waals surface area contributed by atoms with Gasteiger partial charge in [-0.3, -0.25) is 9.82 Å². The summed E-state index contributed by atoms with van der Waals surface area (Å²) in [6.45, 7) is 3.47. The Balaban J connectivity index is 2.32. The molecule has 9 heteroatoms. The molecule has 0 aliphatic heterocycles. The van der Waals surface area contributed by atoms with E-state index < -0.39 is 16.0 Å². The fourth-order valence-electron chi connectivity index (χ4n) is 1.63. The van der Waals surface area contributed by atoms with Gasteiger partial charge in [0.15, 0.2) is 5.82 Å². The molecule has 2 heterocycles. The minimum Gasteiger partial charge on any atom is -0.477 e. The standard InChI is InChI=1S/C11H13N3O4S2/c1-3-7-4-10(13-12-7)14-20(17,18)9-5-8(11(15)16)19-6(9)2/h4-5H,3H2,1-2H3,(H,15,16)(H2,12,13,14). The predicted octanol–water partition coefficient (Wildman–Crippen LogP) is 1.84. The lowest BCUT2D eigenvalue weighted by molar-refractivity contribution is 0.0702. The average Bonchev–Trinajstić information content (AvgIpc) is 2.95. The van der Waals surface area contributed by atoms with Gasteiger partial charge < -0.3 is 5.11 Å². The van der Waals surface area contributed by atoms with Crippen molar-refractivity contribution in [1.82, 2.24) is 10.2 Å². The van der Waals surface area contributed by atoms with Crippen LogP contribution < -0.4 is 4.72 Å². The van der Waals surface area contributed by atoms with E-state index in [1.54, 1.807) is 13.0 Å². The highest BCUT2D eigenvalue weighted by molar-refractivity contribution is 7.93. The highest BCUT2D eigenvalue weighted by Crippen LogP contribution is 2.27. The minimum absolute atomic E-state index is 0.0147. The molecule has 0 saturated carbocycles. The third kappa shape index (κ3) is 2.83. The van der Waals surface area contributed by atoms with Crippen LogP contribution in [0.25, 0.3) is 0 Å². The molecule has 0 aliphatic carbocycles. The van der Waals surface area contributed by atoms with Crippen molar-refractivity contribution in [3.05, 3.63) is 27.6 Å². The number of hydrogen-bond donors (Lipinski definition) is 3. The highest BCUT2D eigenvalue weighted by Gasteiger charge is 2.23. The molecule has 0 spiro atoms. The van der Waals surface area contributed by atoms with Gasteiger partial charge in [-0.05, 0) is 19.4 Å². The molecule has 20 heavy (non-hydrogen) atoms. The Bertz CT molecular complexity index is 746. The number of aromatic amines is 1. The van der Waals surface area contributed by atoms with Crippen LogP contribution in [0.1, 0.15) is 27.2 Å². The lowest BCUT2D eigenvalue weighted by Gasteiger charge is -2.03. The number of nitrogens with one attached hydrogen (secondary N) is 2. The molecule has 0 fully saturated rings. The summed E-state index contributed by atoms with van der Waals surface area (Å²) in [7, 11) is -3.84. The number of anilines is 1. The first-order valence-electron chi connectivity index (χ1n) is 5.74. The number of sulfonamides is 1.